The lowest BCUT2D eigenvalue weighted by atomic mass is 10.1. The highest BCUT2D eigenvalue weighted by atomic mass is 79.9. The zero-order valence-corrected chi connectivity index (χ0v) is 13.6. The molecule has 1 aliphatic carbocycles. The van der Waals surface area contributed by atoms with Gasteiger partial charge in [0.15, 0.2) is 11.5 Å². The number of nitrogens with one attached hydrogen (secondary N) is 1. The number of benzene rings is 1. The SMILES string of the molecule is CCOc1c(Br)cc(CNC2CC2(C)C)cc1OC. The van der Waals surface area contributed by atoms with Crippen LogP contribution in [-0.2, 0) is 6.54 Å². The van der Waals surface area contributed by atoms with Gasteiger partial charge in [0, 0.05) is 12.6 Å². The summed E-state index contributed by atoms with van der Waals surface area (Å²) in [7, 11) is 1.67. The van der Waals surface area contributed by atoms with Crippen molar-refractivity contribution in [2.24, 2.45) is 5.41 Å². The summed E-state index contributed by atoms with van der Waals surface area (Å²) in [6.45, 7) is 8.04. The van der Waals surface area contributed by atoms with Crippen molar-refractivity contribution in [2.45, 2.75) is 39.8 Å². The molecule has 1 aromatic carbocycles. The summed E-state index contributed by atoms with van der Waals surface area (Å²) in [5.74, 6) is 1.56. The van der Waals surface area contributed by atoms with Crippen molar-refractivity contribution in [2.75, 3.05) is 13.7 Å². The Hall–Kier alpha value is -0.740. The second-order valence-electron chi connectivity index (χ2n) is 5.67. The zero-order valence-electron chi connectivity index (χ0n) is 12.0. The van der Waals surface area contributed by atoms with Gasteiger partial charge in [0.25, 0.3) is 0 Å². The monoisotopic (exact) mass is 327 g/mol. The molecule has 2 rings (SSSR count). The Kier molecular flexibility index (Phi) is 4.41. The third-order valence-corrected chi connectivity index (χ3v) is 4.23. The lowest BCUT2D eigenvalue weighted by Crippen LogP contribution is -2.20. The molecule has 3 nitrogen and oxygen atoms in total. The molecule has 0 aliphatic heterocycles. The smallest absolute Gasteiger partial charge is 0.175 e. The third-order valence-electron chi connectivity index (χ3n) is 3.64. The first-order valence-corrected chi connectivity index (χ1v) is 7.50. The number of rotatable bonds is 6. The van der Waals surface area contributed by atoms with Gasteiger partial charge in [-0.05, 0) is 52.4 Å². The van der Waals surface area contributed by atoms with Crippen LogP contribution in [0.15, 0.2) is 16.6 Å². The molecule has 0 heterocycles. The number of ether oxygens (including phenoxy) is 2. The van der Waals surface area contributed by atoms with Gasteiger partial charge in [-0.15, -0.1) is 0 Å². The molecule has 1 unspecified atom stereocenters. The maximum absolute atomic E-state index is 5.59. The van der Waals surface area contributed by atoms with Crippen LogP contribution >= 0.6 is 15.9 Å². The van der Waals surface area contributed by atoms with E-state index in [1.165, 1.54) is 12.0 Å². The first-order valence-electron chi connectivity index (χ1n) is 6.70. The average Bonchev–Trinajstić information content (AvgIpc) is 2.97. The van der Waals surface area contributed by atoms with E-state index in [4.69, 9.17) is 9.47 Å². The minimum atomic E-state index is 0.451. The van der Waals surface area contributed by atoms with Crippen LogP contribution in [0.1, 0.15) is 32.8 Å². The van der Waals surface area contributed by atoms with E-state index in [-0.39, 0.29) is 0 Å². The van der Waals surface area contributed by atoms with Gasteiger partial charge in [-0.3, -0.25) is 0 Å². The Labute approximate surface area is 123 Å². The molecule has 1 N–H and O–H groups in total. The lowest BCUT2D eigenvalue weighted by molar-refractivity contribution is 0.308. The van der Waals surface area contributed by atoms with E-state index in [1.807, 2.05) is 13.0 Å². The summed E-state index contributed by atoms with van der Waals surface area (Å²) in [5.41, 5.74) is 1.65. The first-order chi connectivity index (χ1) is 8.97. The van der Waals surface area contributed by atoms with Gasteiger partial charge in [0.1, 0.15) is 0 Å². The van der Waals surface area contributed by atoms with Crippen LogP contribution in [0.5, 0.6) is 11.5 Å². The van der Waals surface area contributed by atoms with Crippen molar-refractivity contribution in [3.63, 3.8) is 0 Å². The standard InChI is InChI=1S/C15H22BrNO2/c1-5-19-14-11(16)6-10(7-12(14)18-4)9-17-13-8-15(13,2)3/h6-7,13,17H,5,8-9H2,1-4H3. The van der Waals surface area contributed by atoms with Crippen LogP contribution in [0.2, 0.25) is 0 Å². The van der Waals surface area contributed by atoms with Gasteiger partial charge in [-0.25, -0.2) is 0 Å². The number of hydrogen-bond acceptors (Lipinski definition) is 3. The zero-order chi connectivity index (χ0) is 14.0. The minimum Gasteiger partial charge on any atom is -0.493 e. The quantitative estimate of drug-likeness (QED) is 0.863. The van der Waals surface area contributed by atoms with Crippen molar-refractivity contribution in [1.29, 1.82) is 0 Å². The van der Waals surface area contributed by atoms with E-state index in [0.717, 1.165) is 22.5 Å². The van der Waals surface area contributed by atoms with Gasteiger partial charge in [-0.2, -0.15) is 0 Å². The van der Waals surface area contributed by atoms with Crippen LogP contribution in [-0.4, -0.2) is 19.8 Å². The number of hydrogen-bond donors (Lipinski definition) is 1. The third kappa shape index (κ3) is 3.42. The number of methoxy groups -OCH3 is 1. The molecule has 19 heavy (non-hydrogen) atoms. The van der Waals surface area contributed by atoms with Gasteiger partial charge < -0.3 is 14.8 Å². The minimum absolute atomic E-state index is 0.451. The molecule has 0 bridgehead atoms. The lowest BCUT2D eigenvalue weighted by Gasteiger charge is -2.14. The maximum Gasteiger partial charge on any atom is 0.175 e. The molecule has 106 valence electrons. The fourth-order valence-electron chi connectivity index (χ4n) is 2.22. The van der Waals surface area contributed by atoms with Crippen molar-refractivity contribution in [3.05, 3.63) is 22.2 Å². The van der Waals surface area contributed by atoms with Crippen LogP contribution in [0, 0.1) is 5.41 Å². The van der Waals surface area contributed by atoms with E-state index in [0.29, 0.717) is 18.1 Å². The summed E-state index contributed by atoms with van der Waals surface area (Å²) in [6.07, 6.45) is 1.25. The number of halogens is 1. The summed E-state index contributed by atoms with van der Waals surface area (Å²) < 4.78 is 11.9. The molecule has 0 radical (unpaired) electrons. The summed E-state index contributed by atoms with van der Waals surface area (Å²) >= 11 is 3.55. The second kappa shape index (κ2) is 5.71. The fraction of sp³-hybridized carbons (Fsp3) is 0.600. The first kappa shape index (κ1) is 14.7. The Morgan fingerprint density at radius 1 is 1.42 bits per heavy atom. The highest BCUT2D eigenvalue weighted by Gasteiger charge is 2.44. The van der Waals surface area contributed by atoms with Gasteiger partial charge in [-0.1, -0.05) is 13.8 Å². The Morgan fingerprint density at radius 2 is 2.11 bits per heavy atom. The van der Waals surface area contributed by atoms with Crippen LogP contribution in [0.3, 0.4) is 0 Å². The summed E-state index contributed by atoms with van der Waals surface area (Å²) in [4.78, 5) is 0. The average molecular weight is 328 g/mol. The maximum atomic E-state index is 5.59. The van der Waals surface area contributed by atoms with Gasteiger partial charge in [0.05, 0.1) is 18.2 Å². The fourth-order valence-corrected chi connectivity index (χ4v) is 2.82. The molecule has 0 saturated heterocycles. The van der Waals surface area contributed by atoms with Crippen LogP contribution < -0.4 is 14.8 Å². The van der Waals surface area contributed by atoms with Gasteiger partial charge in [0.2, 0.25) is 0 Å². The van der Waals surface area contributed by atoms with E-state index >= 15 is 0 Å². The molecule has 1 aliphatic rings. The molecule has 4 heteroatoms. The Bertz CT molecular complexity index is 460. The van der Waals surface area contributed by atoms with E-state index in [1.54, 1.807) is 7.11 Å². The molecule has 0 spiro atoms. The van der Waals surface area contributed by atoms with E-state index in [9.17, 15) is 0 Å². The molecule has 1 saturated carbocycles. The summed E-state index contributed by atoms with van der Waals surface area (Å²) in [6, 6.07) is 4.76. The van der Waals surface area contributed by atoms with Gasteiger partial charge >= 0.3 is 0 Å². The summed E-state index contributed by atoms with van der Waals surface area (Å²) in [5, 5.41) is 3.58. The molecule has 0 amide bonds. The molecule has 1 aromatic rings. The van der Waals surface area contributed by atoms with Crippen LogP contribution in [0.25, 0.3) is 0 Å². The predicted molar refractivity (Wildman–Crippen MR) is 80.9 cm³/mol. The van der Waals surface area contributed by atoms with Crippen molar-refractivity contribution < 1.29 is 9.47 Å². The van der Waals surface area contributed by atoms with Crippen molar-refractivity contribution in [3.8, 4) is 11.5 Å². The predicted octanol–water partition coefficient (Wildman–Crippen LogP) is 3.74. The largest absolute Gasteiger partial charge is 0.493 e. The highest BCUT2D eigenvalue weighted by molar-refractivity contribution is 9.10. The van der Waals surface area contributed by atoms with Crippen LogP contribution in [0.4, 0.5) is 0 Å². The molecular weight excluding hydrogens is 306 g/mol. The molecule has 1 fully saturated rings. The Morgan fingerprint density at radius 3 is 2.63 bits per heavy atom. The van der Waals surface area contributed by atoms with E-state index < -0.39 is 0 Å². The van der Waals surface area contributed by atoms with Crippen molar-refractivity contribution >= 4 is 15.9 Å². The van der Waals surface area contributed by atoms with Crippen molar-refractivity contribution in [1.82, 2.24) is 5.32 Å². The molecule has 1 atom stereocenters. The highest BCUT2D eigenvalue weighted by Crippen LogP contribution is 2.45. The van der Waals surface area contributed by atoms with E-state index in [2.05, 4.69) is 41.2 Å². The topological polar surface area (TPSA) is 30.5 Å². The molecular formula is C15H22BrNO2. The Balaban J connectivity index is 2.07. The second-order valence-corrected chi connectivity index (χ2v) is 6.52. The molecule has 0 aromatic heterocycles. The normalized spacial score (nSPS) is 20.2.